The molecule has 0 fully saturated rings. The van der Waals surface area contributed by atoms with Crippen LogP contribution in [0.25, 0.3) is 0 Å². The maximum atomic E-state index is 10.0. The number of benzene rings is 1. The van der Waals surface area contributed by atoms with E-state index in [4.69, 9.17) is 0 Å². The zero-order valence-electron chi connectivity index (χ0n) is 11.4. The first-order valence-corrected chi connectivity index (χ1v) is 7.28. The van der Waals surface area contributed by atoms with E-state index in [0.29, 0.717) is 6.54 Å². The van der Waals surface area contributed by atoms with Gasteiger partial charge >= 0.3 is 0 Å². The number of aromatic nitrogens is 1. The van der Waals surface area contributed by atoms with Crippen LogP contribution in [0.3, 0.4) is 0 Å². The average molecular weight is 276 g/mol. The van der Waals surface area contributed by atoms with Crippen molar-refractivity contribution in [3.8, 4) is 0 Å². The quantitative estimate of drug-likeness (QED) is 0.881. The van der Waals surface area contributed by atoms with Gasteiger partial charge in [0.1, 0.15) is 5.01 Å². The van der Waals surface area contributed by atoms with Gasteiger partial charge in [0, 0.05) is 24.7 Å². The zero-order chi connectivity index (χ0) is 13.7. The van der Waals surface area contributed by atoms with Crippen LogP contribution in [0.15, 0.2) is 41.9 Å². The maximum absolute atomic E-state index is 10.0. The Bertz CT molecular complexity index is 477. The zero-order valence-corrected chi connectivity index (χ0v) is 12.2. The van der Waals surface area contributed by atoms with Gasteiger partial charge in [0.05, 0.1) is 12.1 Å². The van der Waals surface area contributed by atoms with Gasteiger partial charge in [0.15, 0.2) is 0 Å². The third-order valence-corrected chi connectivity index (χ3v) is 3.47. The summed E-state index contributed by atoms with van der Waals surface area (Å²) in [7, 11) is 0. The highest BCUT2D eigenvalue weighted by molar-refractivity contribution is 7.09. The molecule has 3 nitrogen and oxygen atoms in total. The Morgan fingerprint density at radius 1 is 1.21 bits per heavy atom. The van der Waals surface area contributed by atoms with E-state index >= 15 is 0 Å². The minimum absolute atomic E-state index is 0.626. The molecule has 0 aliphatic rings. The Labute approximate surface area is 118 Å². The van der Waals surface area contributed by atoms with Crippen molar-refractivity contribution in [2.24, 2.45) is 0 Å². The third-order valence-electron chi connectivity index (χ3n) is 2.70. The molecule has 1 aromatic heterocycles. The highest BCUT2D eigenvalue weighted by atomic mass is 32.1. The molecule has 0 spiro atoms. The molecule has 0 bridgehead atoms. The summed E-state index contributed by atoms with van der Waals surface area (Å²) in [6, 6.07) is 10.3. The lowest BCUT2D eigenvalue weighted by Gasteiger charge is -2.28. The Hall–Kier alpha value is -1.23. The van der Waals surface area contributed by atoms with E-state index < -0.39 is 5.60 Å². The normalized spacial score (nSPS) is 12.0. The van der Waals surface area contributed by atoms with Crippen LogP contribution in [0.4, 0.5) is 0 Å². The maximum Gasteiger partial charge on any atom is 0.107 e. The lowest BCUT2D eigenvalue weighted by molar-refractivity contribution is 0.0306. The summed E-state index contributed by atoms with van der Waals surface area (Å²) >= 11 is 1.65. The number of hydrogen-bond donors (Lipinski definition) is 1. The van der Waals surface area contributed by atoms with Gasteiger partial charge in [0.25, 0.3) is 0 Å². The van der Waals surface area contributed by atoms with Crippen LogP contribution in [-0.2, 0) is 13.1 Å². The molecule has 1 N–H and O–H groups in total. The van der Waals surface area contributed by atoms with E-state index in [-0.39, 0.29) is 0 Å². The number of rotatable bonds is 6. The standard InChI is InChI=1S/C15H20N2OS/c1-15(2,18)12-17(11-14-16-8-9-19-14)10-13-6-4-3-5-7-13/h3-9,18H,10-12H2,1-2H3. The first-order chi connectivity index (χ1) is 9.03. The summed E-state index contributed by atoms with van der Waals surface area (Å²) in [5.41, 5.74) is 0.551. The Morgan fingerprint density at radius 2 is 1.95 bits per heavy atom. The fourth-order valence-electron chi connectivity index (χ4n) is 2.08. The second-order valence-corrected chi connectivity index (χ2v) is 6.35. The van der Waals surface area contributed by atoms with Crippen molar-refractivity contribution in [2.45, 2.75) is 32.5 Å². The summed E-state index contributed by atoms with van der Waals surface area (Å²) in [5, 5.41) is 13.1. The van der Waals surface area contributed by atoms with E-state index in [0.717, 1.165) is 18.1 Å². The molecule has 1 heterocycles. The minimum atomic E-state index is -0.702. The van der Waals surface area contributed by atoms with Gasteiger partial charge in [-0.25, -0.2) is 4.98 Å². The molecule has 0 aliphatic heterocycles. The largest absolute Gasteiger partial charge is 0.389 e. The van der Waals surface area contributed by atoms with Gasteiger partial charge < -0.3 is 5.11 Å². The van der Waals surface area contributed by atoms with Gasteiger partial charge in [-0.15, -0.1) is 11.3 Å². The number of thiazole rings is 1. The van der Waals surface area contributed by atoms with Gasteiger partial charge in [-0.05, 0) is 19.4 Å². The molecular weight excluding hydrogens is 256 g/mol. The Kier molecular flexibility index (Phi) is 4.69. The van der Waals surface area contributed by atoms with E-state index in [9.17, 15) is 5.11 Å². The predicted octanol–water partition coefficient (Wildman–Crippen LogP) is 2.92. The fourth-order valence-corrected chi connectivity index (χ4v) is 2.74. The number of hydrogen-bond acceptors (Lipinski definition) is 4. The summed E-state index contributed by atoms with van der Waals surface area (Å²) in [5.74, 6) is 0. The molecule has 0 amide bonds. The van der Waals surface area contributed by atoms with E-state index in [2.05, 4.69) is 22.0 Å². The van der Waals surface area contributed by atoms with Crippen LogP contribution in [0.1, 0.15) is 24.4 Å². The van der Waals surface area contributed by atoms with Crippen molar-refractivity contribution < 1.29 is 5.11 Å². The summed E-state index contributed by atoms with van der Waals surface area (Å²) < 4.78 is 0. The van der Waals surface area contributed by atoms with Crippen molar-refractivity contribution in [3.05, 3.63) is 52.5 Å². The lowest BCUT2D eigenvalue weighted by Crippen LogP contribution is -2.37. The molecule has 2 aromatic rings. The second-order valence-electron chi connectivity index (χ2n) is 5.37. The summed E-state index contributed by atoms with van der Waals surface area (Å²) in [6.07, 6.45) is 1.82. The van der Waals surface area contributed by atoms with Crippen LogP contribution >= 0.6 is 11.3 Å². The molecule has 4 heteroatoms. The molecule has 0 aliphatic carbocycles. The van der Waals surface area contributed by atoms with Crippen molar-refractivity contribution in [1.29, 1.82) is 0 Å². The van der Waals surface area contributed by atoms with Gasteiger partial charge in [-0.3, -0.25) is 4.90 Å². The topological polar surface area (TPSA) is 36.4 Å². The van der Waals surface area contributed by atoms with E-state index in [1.54, 1.807) is 11.3 Å². The molecule has 0 saturated heterocycles. The predicted molar refractivity (Wildman–Crippen MR) is 79.0 cm³/mol. The molecule has 1 aromatic carbocycles. The first kappa shape index (κ1) is 14.2. The SMILES string of the molecule is CC(C)(O)CN(Cc1ccccc1)Cc1nccs1. The van der Waals surface area contributed by atoms with Crippen LogP contribution in [0.5, 0.6) is 0 Å². The van der Waals surface area contributed by atoms with Crippen molar-refractivity contribution in [3.63, 3.8) is 0 Å². The Balaban J connectivity index is 2.05. The van der Waals surface area contributed by atoms with E-state index in [1.165, 1.54) is 5.56 Å². The smallest absolute Gasteiger partial charge is 0.107 e. The lowest BCUT2D eigenvalue weighted by atomic mass is 10.1. The Morgan fingerprint density at radius 3 is 2.53 bits per heavy atom. The summed E-state index contributed by atoms with van der Waals surface area (Å²) in [4.78, 5) is 6.55. The number of nitrogens with zero attached hydrogens (tertiary/aromatic N) is 2. The molecule has 0 unspecified atom stereocenters. The van der Waals surface area contributed by atoms with Crippen molar-refractivity contribution in [2.75, 3.05) is 6.54 Å². The van der Waals surface area contributed by atoms with Crippen molar-refractivity contribution >= 4 is 11.3 Å². The monoisotopic (exact) mass is 276 g/mol. The summed E-state index contributed by atoms with van der Waals surface area (Å²) in [6.45, 7) is 5.90. The van der Waals surface area contributed by atoms with Gasteiger partial charge in [-0.1, -0.05) is 30.3 Å². The van der Waals surface area contributed by atoms with Gasteiger partial charge in [-0.2, -0.15) is 0 Å². The number of aliphatic hydroxyl groups is 1. The highest BCUT2D eigenvalue weighted by Gasteiger charge is 2.19. The molecule has 19 heavy (non-hydrogen) atoms. The van der Waals surface area contributed by atoms with Crippen LogP contribution in [0.2, 0.25) is 0 Å². The van der Waals surface area contributed by atoms with Crippen LogP contribution in [-0.4, -0.2) is 27.1 Å². The second kappa shape index (κ2) is 6.28. The fraction of sp³-hybridized carbons (Fsp3) is 0.400. The highest BCUT2D eigenvalue weighted by Crippen LogP contribution is 2.15. The van der Waals surface area contributed by atoms with E-state index in [1.807, 2.05) is 43.6 Å². The van der Waals surface area contributed by atoms with Crippen LogP contribution in [0, 0.1) is 0 Å². The molecule has 0 saturated carbocycles. The molecule has 0 atom stereocenters. The molecular formula is C15H20N2OS. The molecule has 0 radical (unpaired) electrons. The molecule has 102 valence electrons. The minimum Gasteiger partial charge on any atom is -0.389 e. The van der Waals surface area contributed by atoms with Gasteiger partial charge in [0.2, 0.25) is 0 Å². The molecule has 2 rings (SSSR count). The van der Waals surface area contributed by atoms with Crippen molar-refractivity contribution in [1.82, 2.24) is 9.88 Å². The third kappa shape index (κ3) is 5.11. The first-order valence-electron chi connectivity index (χ1n) is 6.40. The van der Waals surface area contributed by atoms with Crippen LogP contribution < -0.4 is 0 Å². The average Bonchev–Trinajstić information content (AvgIpc) is 2.81.